The Morgan fingerprint density at radius 2 is 1.58 bits per heavy atom. The summed E-state index contributed by atoms with van der Waals surface area (Å²) in [4.78, 5) is 30.2. The quantitative estimate of drug-likeness (QED) is 0.590. The number of aryl methyl sites for hydroxylation is 1. The zero-order valence-electron chi connectivity index (χ0n) is 17.0. The van der Waals surface area contributed by atoms with E-state index in [-0.39, 0.29) is 11.8 Å². The molecule has 0 spiro atoms. The molecule has 0 atom stereocenters. The molecule has 0 radical (unpaired) electrons. The third-order valence-electron chi connectivity index (χ3n) is 5.24. The molecule has 4 rings (SSSR count). The van der Waals surface area contributed by atoms with E-state index in [0.717, 1.165) is 5.56 Å². The van der Waals surface area contributed by atoms with Crippen molar-refractivity contribution in [1.29, 1.82) is 0 Å². The van der Waals surface area contributed by atoms with Crippen LogP contribution in [0.1, 0.15) is 23.2 Å². The van der Waals surface area contributed by atoms with E-state index in [1.807, 2.05) is 35.2 Å². The third-order valence-corrected chi connectivity index (χ3v) is 5.50. The predicted molar refractivity (Wildman–Crippen MR) is 116 cm³/mol. The summed E-state index contributed by atoms with van der Waals surface area (Å²) >= 11 is 5.88. The van der Waals surface area contributed by atoms with Crippen molar-refractivity contribution in [3.63, 3.8) is 0 Å². The van der Waals surface area contributed by atoms with Gasteiger partial charge in [-0.05, 0) is 35.9 Å². The highest BCUT2D eigenvalue weighted by molar-refractivity contribution is 6.30. The van der Waals surface area contributed by atoms with Crippen LogP contribution in [0.15, 0.2) is 54.6 Å². The standard InChI is InChI=1S/C22H23ClN6O2/c23-19-10-8-18(9-11-19)22(31)28-15-13-27(14-16-28)20(30)7-4-12-29-25-21(24-26-29)17-5-2-1-3-6-17/h1-3,5-6,8-11H,4,7,12-16H2. The first-order valence-corrected chi connectivity index (χ1v) is 10.6. The maximum Gasteiger partial charge on any atom is 0.253 e. The number of aromatic nitrogens is 4. The molecule has 2 aromatic carbocycles. The topological polar surface area (TPSA) is 84.2 Å². The zero-order chi connectivity index (χ0) is 21.6. The van der Waals surface area contributed by atoms with E-state index in [1.54, 1.807) is 29.2 Å². The largest absolute Gasteiger partial charge is 0.339 e. The Labute approximate surface area is 185 Å². The number of carbonyl (C=O) groups excluding carboxylic acids is 2. The Bertz CT molecular complexity index is 1030. The van der Waals surface area contributed by atoms with Crippen molar-refractivity contribution in [3.8, 4) is 11.4 Å². The first-order valence-electron chi connectivity index (χ1n) is 10.3. The highest BCUT2D eigenvalue weighted by Gasteiger charge is 2.24. The van der Waals surface area contributed by atoms with E-state index in [4.69, 9.17) is 11.6 Å². The molecular formula is C22H23ClN6O2. The van der Waals surface area contributed by atoms with Crippen LogP contribution in [0.3, 0.4) is 0 Å². The number of rotatable bonds is 6. The average molecular weight is 439 g/mol. The van der Waals surface area contributed by atoms with Crippen LogP contribution in [-0.4, -0.2) is 68.0 Å². The molecule has 3 aromatic rings. The van der Waals surface area contributed by atoms with Crippen molar-refractivity contribution in [3.05, 3.63) is 65.2 Å². The van der Waals surface area contributed by atoms with Crippen molar-refractivity contribution in [1.82, 2.24) is 30.0 Å². The molecule has 9 heteroatoms. The van der Waals surface area contributed by atoms with Crippen LogP contribution in [0.25, 0.3) is 11.4 Å². The molecule has 1 aliphatic rings. The van der Waals surface area contributed by atoms with Gasteiger partial charge in [0.1, 0.15) is 0 Å². The van der Waals surface area contributed by atoms with Gasteiger partial charge in [-0.1, -0.05) is 41.9 Å². The Hall–Kier alpha value is -3.26. The molecule has 2 heterocycles. The molecule has 1 aromatic heterocycles. The van der Waals surface area contributed by atoms with Gasteiger partial charge in [0, 0.05) is 48.7 Å². The maximum absolute atomic E-state index is 12.6. The summed E-state index contributed by atoms with van der Waals surface area (Å²) in [5, 5.41) is 13.1. The van der Waals surface area contributed by atoms with E-state index >= 15 is 0 Å². The number of tetrazole rings is 1. The van der Waals surface area contributed by atoms with Crippen LogP contribution in [0.5, 0.6) is 0 Å². The third kappa shape index (κ3) is 5.27. The molecule has 0 aliphatic carbocycles. The molecule has 160 valence electrons. The van der Waals surface area contributed by atoms with Gasteiger partial charge in [0.15, 0.2) is 0 Å². The Morgan fingerprint density at radius 1 is 0.903 bits per heavy atom. The second-order valence-corrected chi connectivity index (χ2v) is 7.79. The normalized spacial score (nSPS) is 14.0. The second-order valence-electron chi connectivity index (χ2n) is 7.36. The molecule has 0 unspecified atom stereocenters. The lowest BCUT2D eigenvalue weighted by molar-refractivity contribution is -0.132. The van der Waals surface area contributed by atoms with Crippen LogP contribution in [-0.2, 0) is 11.3 Å². The first-order chi connectivity index (χ1) is 15.1. The van der Waals surface area contributed by atoms with Crippen LogP contribution >= 0.6 is 11.6 Å². The van der Waals surface area contributed by atoms with Crippen molar-refractivity contribution in [2.45, 2.75) is 19.4 Å². The van der Waals surface area contributed by atoms with Crippen molar-refractivity contribution in [2.75, 3.05) is 26.2 Å². The van der Waals surface area contributed by atoms with Crippen molar-refractivity contribution >= 4 is 23.4 Å². The van der Waals surface area contributed by atoms with Gasteiger partial charge < -0.3 is 9.80 Å². The second kappa shape index (κ2) is 9.70. The molecular weight excluding hydrogens is 416 g/mol. The monoisotopic (exact) mass is 438 g/mol. The SMILES string of the molecule is O=C(CCCn1nnc(-c2ccccc2)n1)N1CCN(C(=O)c2ccc(Cl)cc2)CC1. The number of hydrogen-bond acceptors (Lipinski definition) is 5. The Balaban J connectivity index is 1.21. The van der Waals surface area contributed by atoms with Crippen LogP contribution in [0, 0.1) is 0 Å². The minimum absolute atomic E-state index is 0.0322. The minimum atomic E-state index is -0.0322. The summed E-state index contributed by atoms with van der Waals surface area (Å²) in [5.74, 6) is 0.630. The Morgan fingerprint density at radius 3 is 2.29 bits per heavy atom. The number of hydrogen-bond donors (Lipinski definition) is 0. The van der Waals surface area contributed by atoms with Crippen molar-refractivity contribution < 1.29 is 9.59 Å². The summed E-state index contributed by atoms with van der Waals surface area (Å²) in [6.45, 7) is 2.66. The van der Waals surface area contributed by atoms with Gasteiger partial charge in [0.05, 0.1) is 6.54 Å². The average Bonchev–Trinajstić information content (AvgIpc) is 3.29. The van der Waals surface area contributed by atoms with Gasteiger partial charge >= 0.3 is 0 Å². The van der Waals surface area contributed by atoms with E-state index in [1.165, 1.54) is 4.80 Å². The molecule has 1 saturated heterocycles. The van der Waals surface area contributed by atoms with Gasteiger partial charge in [0.2, 0.25) is 11.7 Å². The lowest BCUT2D eigenvalue weighted by Crippen LogP contribution is -2.50. The van der Waals surface area contributed by atoms with Gasteiger partial charge in [-0.25, -0.2) is 0 Å². The van der Waals surface area contributed by atoms with Crippen LogP contribution in [0.4, 0.5) is 0 Å². The van der Waals surface area contributed by atoms with E-state index in [9.17, 15) is 9.59 Å². The molecule has 0 N–H and O–H groups in total. The lowest BCUT2D eigenvalue weighted by Gasteiger charge is -2.35. The summed E-state index contributed by atoms with van der Waals surface area (Å²) in [6.07, 6.45) is 1.04. The Kier molecular flexibility index (Phi) is 6.57. The van der Waals surface area contributed by atoms with Crippen LogP contribution < -0.4 is 0 Å². The van der Waals surface area contributed by atoms with Gasteiger partial charge in [0.25, 0.3) is 5.91 Å². The fourth-order valence-corrected chi connectivity index (χ4v) is 3.63. The molecule has 2 amide bonds. The number of carbonyl (C=O) groups is 2. The maximum atomic E-state index is 12.6. The summed E-state index contributed by atoms with van der Waals surface area (Å²) < 4.78 is 0. The zero-order valence-corrected chi connectivity index (χ0v) is 17.8. The highest BCUT2D eigenvalue weighted by Crippen LogP contribution is 2.14. The molecule has 8 nitrogen and oxygen atoms in total. The highest BCUT2D eigenvalue weighted by atomic mass is 35.5. The summed E-state index contributed by atoms with van der Waals surface area (Å²) in [6, 6.07) is 16.5. The number of halogens is 1. The number of amides is 2. The summed E-state index contributed by atoms with van der Waals surface area (Å²) in [7, 11) is 0. The van der Waals surface area contributed by atoms with Gasteiger partial charge in [-0.2, -0.15) is 4.80 Å². The van der Waals surface area contributed by atoms with Gasteiger partial charge in [-0.3, -0.25) is 9.59 Å². The van der Waals surface area contributed by atoms with Crippen molar-refractivity contribution in [2.24, 2.45) is 0 Å². The molecule has 1 fully saturated rings. The fraction of sp³-hybridized carbons (Fsp3) is 0.318. The lowest BCUT2D eigenvalue weighted by atomic mass is 10.1. The molecule has 1 aliphatic heterocycles. The first kappa shape index (κ1) is 21.0. The fourth-order valence-electron chi connectivity index (χ4n) is 3.50. The number of benzene rings is 2. The van der Waals surface area contributed by atoms with E-state index in [0.29, 0.717) is 62.0 Å². The molecule has 0 bridgehead atoms. The molecule has 0 saturated carbocycles. The van der Waals surface area contributed by atoms with Gasteiger partial charge in [-0.15, -0.1) is 10.2 Å². The van der Waals surface area contributed by atoms with Crippen LogP contribution in [0.2, 0.25) is 5.02 Å². The predicted octanol–water partition coefficient (Wildman–Crippen LogP) is 2.76. The summed E-state index contributed by atoms with van der Waals surface area (Å²) in [5.41, 5.74) is 1.52. The molecule has 31 heavy (non-hydrogen) atoms. The van der Waals surface area contributed by atoms with E-state index in [2.05, 4.69) is 15.4 Å². The van der Waals surface area contributed by atoms with E-state index < -0.39 is 0 Å². The minimum Gasteiger partial charge on any atom is -0.339 e. The number of piperazine rings is 1. The smallest absolute Gasteiger partial charge is 0.253 e. The number of nitrogens with zero attached hydrogens (tertiary/aromatic N) is 6.